The topological polar surface area (TPSA) is 95.7 Å². The second-order valence-electron chi connectivity index (χ2n) is 4.46. The average Bonchev–Trinajstić information content (AvgIpc) is 2.34. The van der Waals surface area contributed by atoms with E-state index in [0.29, 0.717) is 39.1 Å². The summed E-state index contributed by atoms with van der Waals surface area (Å²) < 4.78 is 24.2. The van der Waals surface area contributed by atoms with E-state index in [4.69, 9.17) is 5.73 Å². The van der Waals surface area contributed by atoms with Crippen LogP contribution in [0, 0.1) is 0 Å². The van der Waals surface area contributed by atoms with E-state index in [1.54, 1.807) is 7.05 Å². The minimum atomic E-state index is -3.11. The quantitative estimate of drug-likeness (QED) is 0.608. The van der Waals surface area contributed by atoms with Crippen molar-refractivity contribution in [2.45, 2.75) is 12.5 Å². The number of piperazine rings is 1. The first-order valence-corrected chi connectivity index (χ1v) is 7.83. The fraction of sp³-hybridized carbons (Fsp3) is 0.900. The molecule has 0 aromatic rings. The molecule has 0 aromatic heterocycles. The van der Waals surface area contributed by atoms with Crippen LogP contribution in [0.3, 0.4) is 0 Å². The van der Waals surface area contributed by atoms with Gasteiger partial charge < -0.3 is 11.1 Å². The fourth-order valence-corrected chi connectivity index (χ4v) is 2.90. The Labute approximate surface area is 108 Å². The summed E-state index contributed by atoms with van der Waals surface area (Å²) in [6.45, 7) is 2.55. The molecule has 1 amide bonds. The molecule has 1 unspecified atom stereocenters. The Balaban J connectivity index is 2.52. The molecule has 0 spiro atoms. The van der Waals surface area contributed by atoms with Crippen molar-refractivity contribution in [1.82, 2.24) is 14.5 Å². The maximum atomic E-state index is 11.4. The summed E-state index contributed by atoms with van der Waals surface area (Å²) in [5.41, 5.74) is 5.67. The molecule has 0 radical (unpaired) electrons. The standard InChI is InChI=1S/C10H22N4O3S/c1-12-10(15)7-9(8-11)13-3-5-14(6-4-13)18(2,16)17/h9H,3-8,11H2,1-2H3,(H,12,15). The zero-order valence-corrected chi connectivity index (χ0v) is 11.7. The van der Waals surface area contributed by atoms with Gasteiger partial charge in [-0.05, 0) is 0 Å². The molecule has 1 aliphatic heterocycles. The van der Waals surface area contributed by atoms with Crippen molar-refractivity contribution in [3.05, 3.63) is 0 Å². The van der Waals surface area contributed by atoms with Crippen molar-refractivity contribution in [2.75, 3.05) is 46.0 Å². The Hall–Kier alpha value is -0.700. The molecular formula is C10H22N4O3S. The van der Waals surface area contributed by atoms with E-state index in [1.165, 1.54) is 10.6 Å². The van der Waals surface area contributed by atoms with Crippen LogP contribution in [-0.4, -0.2) is 75.6 Å². The molecule has 1 atom stereocenters. The third-order valence-electron chi connectivity index (χ3n) is 3.23. The van der Waals surface area contributed by atoms with Gasteiger partial charge in [-0.2, -0.15) is 4.31 Å². The first kappa shape index (κ1) is 15.4. The lowest BCUT2D eigenvalue weighted by atomic mass is 10.1. The zero-order chi connectivity index (χ0) is 13.8. The molecule has 3 N–H and O–H groups in total. The Bertz CT molecular complexity index is 377. The van der Waals surface area contributed by atoms with Crippen molar-refractivity contribution in [3.63, 3.8) is 0 Å². The van der Waals surface area contributed by atoms with E-state index in [9.17, 15) is 13.2 Å². The van der Waals surface area contributed by atoms with Gasteiger partial charge in [0.25, 0.3) is 0 Å². The van der Waals surface area contributed by atoms with Gasteiger partial charge in [0.15, 0.2) is 0 Å². The number of carbonyl (C=O) groups is 1. The van der Waals surface area contributed by atoms with Gasteiger partial charge in [0.05, 0.1) is 6.26 Å². The largest absolute Gasteiger partial charge is 0.359 e. The van der Waals surface area contributed by atoms with Gasteiger partial charge in [0.2, 0.25) is 15.9 Å². The summed E-state index contributed by atoms with van der Waals surface area (Å²) in [4.78, 5) is 13.4. The van der Waals surface area contributed by atoms with Crippen LogP contribution < -0.4 is 11.1 Å². The number of amides is 1. The zero-order valence-electron chi connectivity index (χ0n) is 10.9. The van der Waals surface area contributed by atoms with Crippen LogP contribution in [0.5, 0.6) is 0 Å². The highest BCUT2D eigenvalue weighted by Gasteiger charge is 2.27. The molecular weight excluding hydrogens is 256 g/mol. The average molecular weight is 278 g/mol. The van der Waals surface area contributed by atoms with E-state index in [0.717, 1.165) is 0 Å². The summed E-state index contributed by atoms with van der Waals surface area (Å²) in [6.07, 6.45) is 1.57. The predicted molar refractivity (Wildman–Crippen MR) is 69.5 cm³/mol. The predicted octanol–water partition coefficient (Wildman–Crippen LogP) is -1.97. The van der Waals surface area contributed by atoms with Gasteiger partial charge in [-0.15, -0.1) is 0 Å². The first-order valence-electron chi connectivity index (χ1n) is 5.98. The normalized spacial score (nSPS) is 20.6. The van der Waals surface area contributed by atoms with Gasteiger partial charge in [0, 0.05) is 52.2 Å². The summed E-state index contributed by atoms with van der Waals surface area (Å²) in [6, 6.07) is -0.0216. The smallest absolute Gasteiger partial charge is 0.221 e. The van der Waals surface area contributed by atoms with Crippen LogP contribution >= 0.6 is 0 Å². The third kappa shape index (κ3) is 4.20. The molecule has 1 heterocycles. The van der Waals surface area contributed by atoms with Crippen LogP contribution in [0.15, 0.2) is 0 Å². The van der Waals surface area contributed by atoms with Crippen LogP contribution in [0.25, 0.3) is 0 Å². The molecule has 1 fully saturated rings. The summed E-state index contributed by atoms with van der Waals surface area (Å²) in [7, 11) is -1.52. The van der Waals surface area contributed by atoms with Crippen molar-refractivity contribution in [2.24, 2.45) is 5.73 Å². The molecule has 7 nitrogen and oxygen atoms in total. The highest BCUT2D eigenvalue weighted by atomic mass is 32.2. The number of carbonyl (C=O) groups excluding carboxylic acids is 1. The van der Waals surface area contributed by atoms with Gasteiger partial charge in [-0.1, -0.05) is 0 Å². The van der Waals surface area contributed by atoms with Crippen LogP contribution in [-0.2, 0) is 14.8 Å². The van der Waals surface area contributed by atoms with Gasteiger partial charge in [-0.25, -0.2) is 8.42 Å². The maximum absolute atomic E-state index is 11.4. The maximum Gasteiger partial charge on any atom is 0.221 e. The minimum Gasteiger partial charge on any atom is -0.359 e. The Morgan fingerprint density at radius 2 is 1.89 bits per heavy atom. The van der Waals surface area contributed by atoms with E-state index in [2.05, 4.69) is 10.2 Å². The number of nitrogens with zero attached hydrogens (tertiary/aromatic N) is 2. The van der Waals surface area contributed by atoms with Crippen LogP contribution in [0.1, 0.15) is 6.42 Å². The van der Waals surface area contributed by atoms with Gasteiger partial charge in [-0.3, -0.25) is 9.69 Å². The number of sulfonamides is 1. The molecule has 106 valence electrons. The minimum absolute atomic E-state index is 0.0216. The molecule has 1 rings (SSSR count). The Kier molecular flexibility index (Phi) is 5.51. The van der Waals surface area contributed by atoms with Gasteiger partial charge >= 0.3 is 0 Å². The van der Waals surface area contributed by atoms with Crippen molar-refractivity contribution < 1.29 is 13.2 Å². The molecule has 0 aromatic carbocycles. The van der Waals surface area contributed by atoms with Crippen molar-refractivity contribution in [3.8, 4) is 0 Å². The number of hydrogen-bond donors (Lipinski definition) is 2. The van der Waals surface area contributed by atoms with E-state index >= 15 is 0 Å². The summed E-state index contributed by atoms with van der Waals surface area (Å²) in [5.74, 6) is -0.0454. The molecule has 0 saturated carbocycles. The number of nitrogens with one attached hydrogen (secondary N) is 1. The first-order chi connectivity index (χ1) is 8.38. The highest BCUT2D eigenvalue weighted by Crippen LogP contribution is 2.11. The highest BCUT2D eigenvalue weighted by molar-refractivity contribution is 7.88. The Morgan fingerprint density at radius 1 is 1.33 bits per heavy atom. The lowest BCUT2D eigenvalue weighted by molar-refractivity contribution is -0.121. The van der Waals surface area contributed by atoms with E-state index < -0.39 is 10.0 Å². The second kappa shape index (κ2) is 6.46. The molecule has 18 heavy (non-hydrogen) atoms. The Morgan fingerprint density at radius 3 is 2.28 bits per heavy atom. The van der Waals surface area contributed by atoms with Crippen LogP contribution in [0.4, 0.5) is 0 Å². The molecule has 1 saturated heterocycles. The number of nitrogens with two attached hydrogens (primary N) is 1. The second-order valence-corrected chi connectivity index (χ2v) is 6.45. The lowest BCUT2D eigenvalue weighted by Gasteiger charge is -2.37. The van der Waals surface area contributed by atoms with Crippen molar-refractivity contribution in [1.29, 1.82) is 0 Å². The SMILES string of the molecule is CNC(=O)CC(CN)N1CCN(S(C)(=O)=O)CC1. The summed E-state index contributed by atoms with van der Waals surface area (Å²) in [5, 5.41) is 2.57. The molecule has 8 heteroatoms. The number of hydrogen-bond acceptors (Lipinski definition) is 5. The van der Waals surface area contributed by atoms with Gasteiger partial charge in [0.1, 0.15) is 0 Å². The molecule has 0 aliphatic carbocycles. The lowest BCUT2D eigenvalue weighted by Crippen LogP contribution is -2.54. The van der Waals surface area contributed by atoms with E-state index in [-0.39, 0.29) is 11.9 Å². The van der Waals surface area contributed by atoms with E-state index in [1.807, 2.05) is 0 Å². The fourth-order valence-electron chi connectivity index (χ4n) is 2.08. The monoisotopic (exact) mass is 278 g/mol. The number of rotatable bonds is 5. The van der Waals surface area contributed by atoms with Crippen molar-refractivity contribution >= 4 is 15.9 Å². The molecule has 0 bridgehead atoms. The molecule has 1 aliphatic rings. The summed E-state index contributed by atoms with van der Waals surface area (Å²) >= 11 is 0. The van der Waals surface area contributed by atoms with Crippen LogP contribution in [0.2, 0.25) is 0 Å². The third-order valence-corrected chi connectivity index (χ3v) is 4.53.